The van der Waals surface area contributed by atoms with Gasteiger partial charge in [-0.25, -0.2) is 4.79 Å². The predicted molar refractivity (Wildman–Crippen MR) is 70.7 cm³/mol. The van der Waals surface area contributed by atoms with Gasteiger partial charge < -0.3 is 19.6 Å². The first-order valence-corrected chi connectivity index (χ1v) is 5.80. The normalized spacial score (nSPS) is 10.2. The fourth-order valence-electron chi connectivity index (χ4n) is 1.81. The highest BCUT2D eigenvalue weighted by atomic mass is 16.5. The minimum absolute atomic E-state index is 0.0425. The van der Waals surface area contributed by atoms with Gasteiger partial charge in [0, 0.05) is 12.1 Å². The number of ether oxygens (including phenoxy) is 1. The van der Waals surface area contributed by atoms with E-state index in [1.807, 2.05) is 25.1 Å². The number of anilines is 1. The highest BCUT2D eigenvalue weighted by Gasteiger charge is 2.14. The first kappa shape index (κ1) is 13.0. The molecule has 5 heteroatoms. The maximum atomic E-state index is 10.9. The van der Waals surface area contributed by atoms with E-state index in [1.54, 1.807) is 13.2 Å². The van der Waals surface area contributed by atoms with Crippen LogP contribution in [-0.4, -0.2) is 18.2 Å². The molecule has 0 spiro atoms. The maximum absolute atomic E-state index is 10.9. The van der Waals surface area contributed by atoms with Gasteiger partial charge in [0.2, 0.25) is 5.76 Å². The third kappa shape index (κ3) is 2.88. The van der Waals surface area contributed by atoms with Crippen molar-refractivity contribution in [3.8, 4) is 5.75 Å². The number of hydrogen-bond acceptors (Lipinski definition) is 4. The standard InChI is InChI=1S/C14H15NO4/c1-9-3-4-12(18-2)11(7-9)15-8-10-5-6-19-13(10)14(16)17/h3-7,15H,8H2,1-2H3,(H,16,17). The number of carboxylic acids is 1. The summed E-state index contributed by atoms with van der Waals surface area (Å²) in [5.41, 5.74) is 2.50. The van der Waals surface area contributed by atoms with Crippen LogP contribution in [0.3, 0.4) is 0 Å². The Kier molecular flexibility index (Phi) is 3.75. The van der Waals surface area contributed by atoms with Crippen molar-refractivity contribution in [3.05, 3.63) is 47.4 Å². The van der Waals surface area contributed by atoms with Crippen molar-refractivity contribution < 1.29 is 19.1 Å². The van der Waals surface area contributed by atoms with E-state index in [2.05, 4.69) is 5.32 Å². The molecule has 1 heterocycles. The molecule has 0 saturated heterocycles. The summed E-state index contributed by atoms with van der Waals surface area (Å²) in [5, 5.41) is 12.1. The molecule has 2 N–H and O–H groups in total. The molecule has 0 amide bonds. The van der Waals surface area contributed by atoms with Crippen LogP contribution in [0.5, 0.6) is 5.75 Å². The number of nitrogens with one attached hydrogen (secondary N) is 1. The molecule has 2 rings (SSSR count). The molecule has 0 aliphatic carbocycles. The van der Waals surface area contributed by atoms with Crippen LogP contribution in [0, 0.1) is 6.92 Å². The summed E-state index contributed by atoms with van der Waals surface area (Å²) < 4.78 is 10.2. The lowest BCUT2D eigenvalue weighted by Crippen LogP contribution is -2.05. The van der Waals surface area contributed by atoms with Crippen LogP contribution < -0.4 is 10.1 Å². The Balaban J connectivity index is 2.16. The molecule has 0 saturated carbocycles. The average Bonchev–Trinajstić information content (AvgIpc) is 2.85. The second kappa shape index (κ2) is 5.48. The van der Waals surface area contributed by atoms with Crippen LogP contribution in [0.1, 0.15) is 21.7 Å². The fraction of sp³-hybridized carbons (Fsp3) is 0.214. The minimum atomic E-state index is -1.07. The average molecular weight is 261 g/mol. The van der Waals surface area contributed by atoms with E-state index in [0.29, 0.717) is 17.9 Å². The number of aryl methyl sites for hydroxylation is 1. The molecule has 0 radical (unpaired) electrons. The molecule has 2 aromatic rings. The van der Waals surface area contributed by atoms with Crippen LogP contribution >= 0.6 is 0 Å². The van der Waals surface area contributed by atoms with E-state index >= 15 is 0 Å². The number of methoxy groups -OCH3 is 1. The Morgan fingerprint density at radius 3 is 2.89 bits per heavy atom. The van der Waals surface area contributed by atoms with E-state index in [1.165, 1.54) is 6.26 Å². The largest absolute Gasteiger partial charge is 0.495 e. The van der Waals surface area contributed by atoms with Crippen LogP contribution in [0.25, 0.3) is 0 Å². The van der Waals surface area contributed by atoms with Gasteiger partial charge in [0.1, 0.15) is 5.75 Å². The van der Waals surface area contributed by atoms with Crippen molar-refractivity contribution in [2.24, 2.45) is 0 Å². The minimum Gasteiger partial charge on any atom is -0.495 e. The van der Waals surface area contributed by atoms with Gasteiger partial charge in [0.25, 0.3) is 0 Å². The Morgan fingerprint density at radius 1 is 1.42 bits per heavy atom. The smallest absolute Gasteiger partial charge is 0.372 e. The molecule has 19 heavy (non-hydrogen) atoms. The number of furan rings is 1. The van der Waals surface area contributed by atoms with Crippen molar-refractivity contribution >= 4 is 11.7 Å². The Morgan fingerprint density at radius 2 is 2.21 bits per heavy atom. The summed E-state index contributed by atoms with van der Waals surface area (Å²) in [7, 11) is 1.59. The molecule has 1 aromatic carbocycles. The van der Waals surface area contributed by atoms with Crippen molar-refractivity contribution in [1.82, 2.24) is 0 Å². The number of carboxylic acid groups (broad SMARTS) is 1. The van der Waals surface area contributed by atoms with Gasteiger partial charge in [-0.2, -0.15) is 0 Å². The van der Waals surface area contributed by atoms with E-state index in [9.17, 15) is 4.79 Å². The van der Waals surface area contributed by atoms with Gasteiger partial charge in [0.05, 0.1) is 19.1 Å². The molecule has 100 valence electrons. The van der Waals surface area contributed by atoms with Crippen LogP contribution in [-0.2, 0) is 6.54 Å². The van der Waals surface area contributed by atoms with Crippen molar-refractivity contribution in [1.29, 1.82) is 0 Å². The molecule has 0 atom stereocenters. The van der Waals surface area contributed by atoms with Crippen LogP contribution in [0.4, 0.5) is 5.69 Å². The Bertz CT molecular complexity index is 589. The fourth-order valence-corrected chi connectivity index (χ4v) is 1.81. The quantitative estimate of drug-likeness (QED) is 0.865. The Labute approximate surface area is 110 Å². The zero-order valence-electron chi connectivity index (χ0n) is 10.8. The van der Waals surface area contributed by atoms with Crippen molar-refractivity contribution in [3.63, 3.8) is 0 Å². The Hall–Kier alpha value is -2.43. The van der Waals surface area contributed by atoms with Gasteiger partial charge in [-0.1, -0.05) is 6.07 Å². The number of aromatic carboxylic acids is 1. The molecule has 0 unspecified atom stereocenters. The van der Waals surface area contributed by atoms with E-state index in [0.717, 1.165) is 11.3 Å². The maximum Gasteiger partial charge on any atom is 0.372 e. The van der Waals surface area contributed by atoms with Gasteiger partial charge in [-0.3, -0.25) is 0 Å². The summed E-state index contributed by atoms with van der Waals surface area (Å²) in [6.07, 6.45) is 1.37. The third-order valence-electron chi connectivity index (χ3n) is 2.77. The first-order chi connectivity index (χ1) is 9.11. The van der Waals surface area contributed by atoms with E-state index < -0.39 is 5.97 Å². The lowest BCUT2D eigenvalue weighted by Gasteiger charge is -2.11. The highest BCUT2D eigenvalue weighted by molar-refractivity contribution is 5.86. The molecule has 5 nitrogen and oxygen atoms in total. The summed E-state index contributed by atoms with van der Waals surface area (Å²) in [5.74, 6) is -0.400. The second-order valence-electron chi connectivity index (χ2n) is 4.14. The van der Waals surface area contributed by atoms with E-state index in [-0.39, 0.29) is 5.76 Å². The molecular weight excluding hydrogens is 246 g/mol. The lowest BCUT2D eigenvalue weighted by atomic mass is 10.2. The zero-order chi connectivity index (χ0) is 13.8. The highest BCUT2D eigenvalue weighted by Crippen LogP contribution is 2.26. The monoisotopic (exact) mass is 261 g/mol. The summed E-state index contributed by atoms with van der Waals surface area (Å²) in [4.78, 5) is 10.9. The topological polar surface area (TPSA) is 71.7 Å². The number of carbonyl (C=O) groups is 1. The van der Waals surface area contributed by atoms with Gasteiger partial charge >= 0.3 is 5.97 Å². The van der Waals surface area contributed by atoms with E-state index in [4.69, 9.17) is 14.3 Å². The SMILES string of the molecule is COc1ccc(C)cc1NCc1ccoc1C(=O)O. The van der Waals surface area contributed by atoms with Gasteiger partial charge in [-0.05, 0) is 30.7 Å². The molecule has 1 aromatic heterocycles. The number of hydrogen-bond donors (Lipinski definition) is 2. The lowest BCUT2D eigenvalue weighted by molar-refractivity contribution is 0.0661. The van der Waals surface area contributed by atoms with Crippen LogP contribution in [0.2, 0.25) is 0 Å². The summed E-state index contributed by atoms with van der Waals surface area (Å²) in [6.45, 7) is 2.34. The molecular formula is C14H15NO4. The van der Waals surface area contributed by atoms with Crippen molar-refractivity contribution in [2.45, 2.75) is 13.5 Å². The molecule has 0 aliphatic heterocycles. The van der Waals surface area contributed by atoms with Gasteiger partial charge in [0.15, 0.2) is 0 Å². The summed E-state index contributed by atoms with van der Waals surface area (Å²) in [6, 6.07) is 7.40. The summed E-state index contributed by atoms with van der Waals surface area (Å²) >= 11 is 0. The molecule has 0 aliphatic rings. The van der Waals surface area contributed by atoms with Crippen molar-refractivity contribution in [2.75, 3.05) is 12.4 Å². The number of rotatable bonds is 5. The van der Waals surface area contributed by atoms with Gasteiger partial charge in [-0.15, -0.1) is 0 Å². The predicted octanol–water partition coefficient (Wildman–Crippen LogP) is 2.91. The first-order valence-electron chi connectivity index (χ1n) is 5.80. The van der Waals surface area contributed by atoms with Crippen LogP contribution in [0.15, 0.2) is 34.9 Å². The molecule has 0 fully saturated rings. The zero-order valence-corrected chi connectivity index (χ0v) is 10.8. The number of benzene rings is 1. The third-order valence-corrected chi connectivity index (χ3v) is 2.77. The molecule has 0 bridgehead atoms. The second-order valence-corrected chi connectivity index (χ2v) is 4.14.